The minimum Gasteiger partial charge on any atom is -0.446 e. The van der Waals surface area contributed by atoms with Crippen molar-refractivity contribution in [2.24, 2.45) is 0 Å². The van der Waals surface area contributed by atoms with Crippen molar-refractivity contribution in [1.82, 2.24) is 4.72 Å². The van der Waals surface area contributed by atoms with Gasteiger partial charge in [0.2, 0.25) is 5.09 Å². The van der Waals surface area contributed by atoms with E-state index >= 15 is 0 Å². The zero-order valence-electron chi connectivity index (χ0n) is 10.8. The summed E-state index contributed by atoms with van der Waals surface area (Å²) in [4.78, 5) is 0. The van der Waals surface area contributed by atoms with E-state index in [9.17, 15) is 8.42 Å². The molecule has 0 unspecified atom stereocenters. The summed E-state index contributed by atoms with van der Waals surface area (Å²) in [5, 5.41) is 9.41. The average Bonchev–Trinajstić information content (AvgIpc) is 2.89. The second kappa shape index (κ2) is 6.30. The Bertz CT molecular complexity index is 504. The Kier molecular flexibility index (Phi) is 4.94. The molecule has 1 aromatic rings. The molecule has 19 heavy (non-hydrogen) atoms. The number of nitrogens with one attached hydrogen (secondary N) is 1. The van der Waals surface area contributed by atoms with Gasteiger partial charge in [0.1, 0.15) is 12.4 Å². The van der Waals surface area contributed by atoms with Gasteiger partial charge < -0.3 is 9.52 Å². The van der Waals surface area contributed by atoms with Gasteiger partial charge in [-0.25, -0.2) is 13.1 Å². The van der Waals surface area contributed by atoms with Crippen LogP contribution in [0, 0.1) is 0 Å². The van der Waals surface area contributed by atoms with E-state index in [0.29, 0.717) is 5.25 Å². The molecule has 1 saturated carbocycles. The summed E-state index contributed by atoms with van der Waals surface area (Å²) in [6.07, 6.45) is 5.88. The van der Waals surface area contributed by atoms with E-state index in [1.54, 1.807) is 0 Å². The van der Waals surface area contributed by atoms with Gasteiger partial charge in [0, 0.05) is 11.3 Å². The molecule has 2 rings (SSSR count). The summed E-state index contributed by atoms with van der Waals surface area (Å²) >= 11 is 1.84. The molecule has 0 saturated heterocycles. The summed E-state index contributed by atoms with van der Waals surface area (Å²) in [7, 11) is -3.61. The van der Waals surface area contributed by atoms with E-state index in [0.717, 1.165) is 25.7 Å². The Labute approximate surface area is 117 Å². The van der Waals surface area contributed by atoms with Crippen LogP contribution in [0.1, 0.15) is 31.4 Å². The molecule has 0 radical (unpaired) electrons. The van der Waals surface area contributed by atoms with E-state index in [2.05, 4.69) is 11.0 Å². The summed E-state index contributed by atoms with van der Waals surface area (Å²) in [6, 6.07) is 2.83. The van der Waals surface area contributed by atoms with Crippen LogP contribution in [0.4, 0.5) is 0 Å². The highest BCUT2D eigenvalue weighted by atomic mass is 32.2. The first-order valence-corrected chi connectivity index (χ1v) is 9.07. The first kappa shape index (κ1) is 14.9. The smallest absolute Gasteiger partial charge is 0.274 e. The number of aliphatic hydroxyl groups excluding tert-OH is 1. The third-order valence-corrected chi connectivity index (χ3v) is 5.92. The molecule has 1 aliphatic carbocycles. The largest absolute Gasteiger partial charge is 0.446 e. The number of aliphatic hydroxyl groups is 1. The van der Waals surface area contributed by atoms with Crippen molar-refractivity contribution >= 4 is 21.8 Å². The second-order valence-corrected chi connectivity index (χ2v) is 7.49. The molecule has 5 nitrogen and oxygen atoms in total. The van der Waals surface area contributed by atoms with Gasteiger partial charge in [-0.3, -0.25) is 0 Å². The molecular weight excluding hydrogens is 286 g/mol. The molecule has 7 heteroatoms. The summed E-state index contributed by atoms with van der Waals surface area (Å²) in [6.45, 7) is -0.297. The maximum atomic E-state index is 12.1. The van der Waals surface area contributed by atoms with Crippen molar-refractivity contribution < 1.29 is 17.9 Å². The minimum absolute atomic E-state index is 0.0175. The molecule has 108 valence electrons. The Morgan fingerprint density at radius 2 is 2.05 bits per heavy atom. The minimum atomic E-state index is -3.61. The van der Waals surface area contributed by atoms with E-state index in [-0.39, 0.29) is 23.5 Å². The van der Waals surface area contributed by atoms with Crippen LogP contribution in [-0.2, 0) is 16.6 Å². The lowest BCUT2D eigenvalue weighted by Gasteiger charge is -2.27. The van der Waals surface area contributed by atoms with Gasteiger partial charge in [0.25, 0.3) is 10.0 Å². The average molecular weight is 305 g/mol. The van der Waals surface area contributed by atoms with E-state index < -0.39 is 10.0 Å². The monoisotopic (exact) mass is 305 g/mol. The SMILES string of the molecule is CSC1CCC(NS(=O)(=O)c2ccc(CO)o2)CC1. The third kappa shape index (κ3) is 3.75. The first-order valence-electron chi connectivity index (χ1n) is 6.30. The molecule has 1 aromatic heterocycles. The lowest BCUT2D eigenvalue weighted by atomic mass is 9.96. The van der Waals surface area contributed by atoms with Crippen molar-refractivity contribution in [3.8, 4) is 0 Å². The Morgan fingerprint density at radius 1 is 1.37 bits per heavy atom. The van der Waals surface area contributed by atoms with Crippen LogP contribution >= 0.6 is 11.8 Å². The molecule has 0 aliphatic heterocycles. The van der Waals surface area contributed by atoms with Crippen LogP contribution in [0.25, 0.3) is 0 Å². The molecule has 0 atom stereocenters. The number of hydrogen-bond acceptors (Lipinski definition) is 5. The number of hydrogen-bond donors (Lipinski definition) is 2. The van der Waals surface area contributed by atoms with E-state index in [4.69, 9.17) is 9.52 Å². The summed E-state index contributed by atoms with van der Waals surface area (Å²) < 4.78 is 31.9. The summed E-state index contributed by atoms with van der Waals surface area (Å²) in [5.74, 6) is 0.256. The van der Waals surface area contributed by atoms with Gasteiger partial charge in [0.05, 0.1) is 0 Å². The highest BCUT2D eigenvalue weighted by Crippen LogP contribution is 2.27. The van der Waals surface area contributed by atoms with Crippen LogP contribution in [0.2, 0.25) is 0 Å². The number of thioether (sulfide) groups is 1. The van der Waals surface area contributed by atoms with Gasteiger partial charge in [-0.05, 0) is 44.1 Å². The number of rotatable bonds is 5. The quantitative estimate of drug-likeness (QED) is 0.866. The lowest BCUT2D eigenvalue weighted by Crippen LogP contribution is -2.37. The predicted molar refractivity (Wildman–Crippen MR) is 74.5 cm³/mol. The highest BCUT2D eigenvalue weighted by Gasteiger charge is 2.27. The highest BCUT2D eigenvalue weighted by molar-refractivity contribution is 7.99. The van der Waals surface area contributed by atoms with Crippen molar-refractivity contribution in [3.05, 3.63) is 17.9 Å². The van der Waals surface area contributed by atoms with Crippen LogP contribution in [0.15, 0.2) is 21.6 Å². The van der Waals surface area contributed by atoms with Crippen LogP contribution < -0.4 is 4.72 Å². The third-order valence-electron chi connectivity index (χ3n) is 3.39. The van der Waals surface area contributed by atoms with Crippen molar-refractivity contribution in [2.75, 3.05) is 6.26 Å². The fraction of sp³-hybridized carbons (Fsp3) is 0.667. The Morgan fingerprint density at radius 3 is 2.58 bits per heavy atom. The van der Waals surface area contributed by atoms with Crippen molar-refractivity contribution in [1.29, 1.82) is 0 Å². The lowest BCUT2D eigenvalue weighted by molar-refractivity contribution is 0.236. The first-order chi connectivity index (χ1) is 9.05. The van der Waals surface area contributed by atoms with Crippen LogP contribution in [0.5, 0.6) is 0 Å². The zero-order valence-corrected chi connectivity index (χ0v) is 12.5. The van der Waals surface area contributed by atoms with Gasteiger partial charge in [0.15, 0.2) is 0 Å². The second-order valence-electron chi connectivity index (χ2n) is 4.71. The molecule has 2 N–H and O–H groups in total. The van der Waals surface area contributed by atoms with Crippen LogP contribution in [-0.4, -0.2) is 31.1 Å². The maximum Gasteiger partial charge on any atom is 0.274 e. The van der Waals surface area contributed by atoms with Gasteiger partial charge in [-0.1, -0.05) is 0 Å². The molecule has 1 heterocycles. The standard InChI is InChI=1S/C12H19NO4S2/c1-18-11-5-2-9(3-6-11)13-19(15,16)12-7-4-10(8-14)17-12/h4,7,9,11,13-14H,2-3,5-6,8H2,1H3. The van der Waals surface area contributed by atoms with Gasteiger partial charge in [-0.2, -0.15) is 11.8 Å². The van der Waals surface area contributed by atoms with Crippen molar-refractivity contribution in [2.45, 2.75) is 48.7 Å². The zero-order chi connectivity index (χ0) is 13.9. The number of sulfonamides is 1. The normalized spacial score (nSPS) is 24.5. The summed E-state index contributed by atoms with van der Waals surface area (Å²) in [5.41, 5.74) is 0. The number of furan rings is 1. The van der Waals surface area contributed by atoms with Gasteiger partial charge >= 0.3 is 0 Å². The van der Waals surface area contributed by atoms with Crippen LogP contribution in [0.3, 0.4) is 0 Å². The molecule has 0 bridgehead atoms. The predicted octanol–water partition coefficient (Wildman–Crippen LogP) is 1.72. The topological polar surface area (TPSA) is 79.5 Å². The van der Waals surface area contributed by atoms with Crippen molar-refractivity contribution in [3.63, 3.8) is 0 Å². The molecule has 0 spiro atoms. The fourth-order valence-electron chi connectivity index (χ4n) is 2.28. The fourth-order valence-corrected chi connectivity index (χ4v) is 4.28. The molecule has 1 fully saturated rings. The van der Waals surface area contributed by atoms with E-state index in [1.807, 2.05) is 11.8 Å². The molecule has 1 aliphatic rings. The molecule has 0 aromatic carbocycles. The van der Waals surface area contributed by atoms with Gasteiger partial charge in [-0.15, -0.1) is 0 Å². The molecular formula is C12H19NO4S2. The molecule has 0 amide bonds. The van der Waals surface area contributed by atoms with E-state index in [1.165, 1.54) is 12.1 Å². The maximum absolute atomic E-state index is 12.1. The Hall–Kier alpha value is -0.500. The Balaban J connectivity index is 1.98.